The van der Waals surface area contributed by atoms with Crippen molar-refractivity contribution in [3.05, 3.63) is 10.4 Å². The lowest BCUT2D eigenvalue weighted by Gasteiger charge is -2.40. The lowest BCUT2D eigenvalue weighted by molar-refractivity contribution is -0.422. The van der Waals surface area contributed by atoms with E-state index < -0.39 is 12.2 Å². The molecule has 1 aliphatic heterocycles. The molecule has 1 aliphatic rings. The van der Waals surface area contributed by atoms with Crippen molar-refractivity contribution in [1.29, 1.82) is 0 Å². The average molecular weight is 229 g/mol. The second-order valence-corrected chi connectivity index (χ2v) is 4.76. The molecule has 0 aliphatic carbocycles. The monoisotopic (exact) mass is 229 g/mol. The van der Waals surface area contributed by atoms with Crippen LogP contribution in [0.15, 0.2) is 5.11 Å². The Morgan fingerprint density at radius 1 is 1.62 bits per heavy atom. The van der Waals surface area contributed by atoms with E-state index in [4.69, 9.17) is 15.3 Å². The zero-order chi connectivity index (χ0) is 12.2. The summed E-state index contributed by atoms with van der Waals surface area (Å²) in [6, 6.07) is 0. The van der Waals surface area contributed by atoms with Gasteiger partial charge in [0.05, 0.1) is 18.2 Å². The fraction of sp³-hybridized carbons (Fsp3) is 1.00. The molecule has 16 heavy (non-hydrogen) atoms. The summed E-state index contributed by atoms with van der Waals surface area (Å²) in [5.74, 6) is 0.215. The average Bonchev–Trinajstić information content (AvgIpc) is 2.24. The van der Waals surface area contributed by atoms with Gasteiger partial charge in [0.1, 0.15) is 6.10 Å². The molecular formula is C10H19N3O3. The summed E-state index contributed by atoms with van der Waals surface area (Å²) in [6.45, 7) is 5.96. The van der Waals surface area contributed by atoms with Crippen LogP contribution < -0.4 is 0 Å². The normalized spacial score (nSPS) is 30.5. The van der Waals surface area contributed by atoms with Gasteiger partial charge in [-0.15, -0.1) is 0 Å². The molecule has 1 fully saturated rings. The Morgan fingerprint density at radius 3 is 2.88 bits per heavy atom. The number of hydrogen-bond donors (Lipinski definition) is 1. The Labute approximate surface area is 95.1 Å². The van der Waals surface area contributed by atoms with Gasteiger partial charge in [0.15, 0.2) is 0 Å². The van der Waals surface area contributed by atoms with Crippen molar-refractivity contribution in [1.82, 2.24) is 0 Å². The first kappa shape index (κ1) is 13.3. The Hall–Kier alpha value is -0.810. The topological polar surface area (TPSA) is 87.5 Å². The van der Waals surface area contributed by atoms with Crippen LogP contribution in [-0.4, -0.2) is 29.5 Å². The van der Waals surface area contributed by atoms with Crippen molar-refractivity contribution in [3.63, 3.8) is 0 Å². The van der Waals surface area contributed by atoms with E-state index in [2.05, 4.69) is 10.0 Å². The predicted octanol–water partition coefficient (Wildman–Crippen LogP) is 2.18. The second-order valence-electron chi connectivity index (χ2n) is 4.76. The maximum atomic E-state index is 9.81. The third kappa shape index (κ3) is 3.35. The van der Waals surface area contributed by atoms with E-state index in [0.717, 1.165) is 12.8 Å². The quantitative estimate of drug-likeness (QED) is 0.347. The molecule has 6 heteroatoms. The summed E-state index contributed by atoms with van der Waals surface area (Å²) in [5.41, 5.74) is 7.87. The van der Waals surface area contributed by atoms with Crippen LogP contribution in [0.2, 0.25) is 0 Å². The number of aliphatic hydroxyl groups is 1. The minimum Gasteiger partial charge on any atom is -0.390 e. The lowest BCUT2D eigenvalue weighted by atomic mass is 9.84. The van der Waals surface area contributed by atoms with Crippen molar-refractivity contribution in [3.8, 4) is 0 Å². The highest BCUT2D eigenvalue weighted by Crippen LogP contribution is 2.34. The van der Waals surface area contributed by atoms with Gasteiger partial charge in [-0.1, -0.05) is 18.5 Å². The molecule has 0 radical (unpaired) electrons. The summed E-state index contributed by atoms with van der Waals surface area (Å²) < 4.78 is 0. The van der Waals surface area contributed by atoms with Gasteiger partial charge in [-0.05, 0) is 31.7 Å². The van der Waals surface area contributed by atoms with Crippen molar-refractivity contribution < 1.29 is 14.9 Å². The highest BCUT2D eigenvalue weighted by Gasteiger charge is 2.39. The summed E-state index contributed by atoms with van der Waals surface area (Å²) >= 11 is 0. The van der Waals surface area contributed by atoms with Gasteiger partial charge in [0.25, 0.3) is 0 Å². The number of azide groups is 1. The molecule has 6 nitrogen and oxygen atoms in total. The molecule has 3 atom stereocenters. The van der Waals surface area contributed by atoms with E-state index in [1.54, 1.807) is 0 Å². The van der Waals surface area contributed by atoms with Gasteiger partial charge in [-0.3, -0.25) is 0 Å². The van der Waals surface area contributed by atoms with E-state index >= 15 is 0 Å². The molecule has 0 amide bonds. The van der Waals surface area contributed by atoms with E-state index in [9.17, 15) is 5.11 Å². The molecule has 0 aromatic carbocycles. The number of rotatable bonds is 4. The maximum absolute atomic E-state index is 9.81. The fourth-order valence-corrected chi connectivity index (χ4v) is 2.02. The van der Waals surface area contributed by atoms with E-state index in [-0.39, 0.29) is 18.1 Å². The zero-order valence-electron chi connectivity index (χ0n) is 9.96. The largest absolute Gasteiger partial charge is 0.390 e. The van der Waals surface area contributed by atoms with Gasteiger partial charge < -0.3 is 5.11 Å². The Bertz CT molecular complexity index is 276. The molecule has 1 unspecified atom stereocenters. The van der Waals surface area contributed by atoms with Gasteiger partial charge in [0.2, 0.25) is 0 Å². The Balaban J connectivity index is 2.62. The van der Waals surface area contributed by atoms with Crippen molar-refractivity contribution >= 4 is 0 Å². The summed E-state index contributed by atoms with van der Waals surface area (Å²) in [5, 5.41) is 13.2. The van der Waals surface area contributed by atoms with Crippen molar-refractivity contribution in [2.45, 2.75) is 51.4 Å². The van der Waals surface area contributed by atoms with Crippen LogP contribution >= 0.6 is 0 Å². The summed E-state index contributed by atoms with van der Waals surface area (Å²) in [7, 11) is 0. The zero-order valence-corrected chi connectivity index (χ0v) is 9.96. The lowest BCUT2D eigenvalue weighted by Crippen LogP contribution is -2.47. The number of aliphatic hydroxyl groups excluding tert-OH is 1. The molecule has 0 bridgehead atoms. The van der Waals surface area contributed by atoms with Crippen LogP contribution in [0.4, 0.5) is 0 Å². The Kier molecular flexibility index (Phi) is 4.56. The van der Waals surface area contributed by atoms with Crippen molar-refractivity contribution in [2.24, 2.45) is 11.0 Å². The summed E-state index contributed by atoms with van der Waals surface area (Å²) in [6.07, 6.45) is 0.493. The SMILES string of the molecule is CC[C@@H]1CC(C)(C)OO[C@@H]1C(O)CN=[N+]=[N-]. The third-order valence-corrected chi connectivity index (χ3v) is 2.84. The highest BCUT2D eigenvalue weighted by molar-refractivity contribution is 4.85. The minimum atomic E-state index is -0.808. The van der Waals surface area contributed by atoms with E-state index in [1.807, 2.05) is 20.8 Å². The third-order valence-electron chi connectivity index (χ3n) is 2.84. The molecule has 1 rings (SSSR count). The summed E-state index contributed by atoms with van der Waals surface area (Å²) in [4.78, 5) is 13.1. The van der Waals surface area contributed by atoms with Crippen molar-refractivity contribution in [2.75, 3.05) is 6.54 Å². The predicted molar refractivity (Wildman–Crippen MR) is 58.5 cm³/mol. The molecule has 0 aromatic rings. The van der Waals surface area contributed by atoms with E-state index in [1.165, 1.54) is 0 Å². The first-order valence-electron chi connectivity index (χ1n) is 5.53. The standard InChI is InChI=1S/C10H19N3O3/c1-4-7-5-10(2,3)16-15-9(7)8(14)6-12-13-11/h7-9,14H,4-6H2,1-3H3/t7-,8?,9+/m1/s1. The molecule has 1 heterocycles. The van der Waals surface area contributed by atoms with Crippen LogP contribution in [0.25, 0.3) is 10.4 Å². The van der Waals surface area contributed by atoms with Gasteiger partial charge in [-0.2, -0.15) is 0 Å². The molecule has 1 N–H and O–H groups in total. The molecule has 0 aromatic heterocycles. The molecule has 92 valence electrons. The second kappa shape index (κ2) is 5.50. The molecular weight excluding hydrogens is 210 g/mol. The maximum Gasteiger partial charge on any atom is 0.122 e. The number of nitrogens with zero attached hydrogens (tertiary/aromatic N) is 3. The first-order chi connectivity index (χ1) is 7.50. The highest BCUT2D eigenvalue weighted by atomic mass is 17.2. The number of hydrogen-bond acceptors (Lipinski definition) is 4. The Morgan fingerprint density at radius 2 is 2.31 bits per heavy atom. The van der Waals surface area contributed by atoms with Gasteiger partial charge in [-0.25, -0.2) is 9.78 Å². The van der Waals surface area contributed by atoms with Crippen LogP contribution in [0.5, 0.6) is 0 Å². The van der Waals surface area contributed by atoms with Gasteiger partial charge >= 0.3 is 0 Å². The molecule has 0 saturated carbocycles. The van der Waals surface area contributed by atoms with Crippen LogP contribution in [-0.2, 0) is 9.78 Å². The fourth-order valence-electron chi connectivity index (χ4n) is 2.02. The van der Waals surface area contributed by atoms with Crippen LogP contribution in [0.3, 0.4) is 0 Å². The molecule has 1 saturated heterocycles. The van der Waals surface area contributed by atoms with Crippen LogP contribution in [0.1, 0.15) is 33.6 Å². The first-order valence-corrected chi connectivity index (χ1v) is 5.53. The molecule has 0 spiro atoms. The van der Waals surface area contributed by atoms with E-state index in [0.29, 0.717) is 0 Å². The van der Waals surface area contributed by atoms with Gasteiger partial charge in [0, 0.05) is 4.91 Å². The minimum absolute atomic E-state index is 0.0153. The smallest absolute Gasteiger partial charge is 0.122 e. The van der Waals surface area contributed by atoms with Crippen LogP contribution in [0, 0.1) is 5.92 Å².